The van der Waals surface area contributed by atoms with Crippen molar-refractivity contribution in [1.29, 1.82) is 0 Å². The van der Waals surface area contributed by atoms with Crippen molar-refractivity contribution in [1.82, 2.24) is 0 Å². The molecule has 0 radical (unpaired) electrons. The van der Waals surface area contributed by atoms with Gasteiger partial charge in [-0.25, -0.2) is 0 Å². The van der Waals surface area contributed by atoms with Gasteiger partial charge in [-0.15, -0.1) is 11.3 Å². The Morgan fingerprint density at radius 2 is 2.12 bits per heavy atom. The number of hydrogen-bond donors (Lipinski definition) is 1. The SMILES string of the molecule is Cc1ccc2sc(CCC3(N)CC3)cc2c1. The van der Waals surface area contributed by atoms with Crippen LogP contribution in [0.25, 0.3) is 10.1 Å². The van der Waals surface area contributed by atoms with E-state index in [-0.39, 0.29) is 5.54 Å². The Hall–Kier alpha value is -0.860. The quantitative estimate of drug-likeness (QED) is 0.857. The minimum atomic E-state index is 0.187. The van der Waals surface area contributed by atoms with Crippen molar-refractivity contribution in [3.05, 3.63) is 34.7 Å². The largest absolute Gasteiger partial charge is 0.325 e. The molecule has 0 atom stereocenters. The molecule has 0 saturated heterocycles. The topological polar surface area (TPSA) is 26.0 Å². The van der Waals surface area contributed by atoms with Crippen LogP contribution in [0.3, 0.4) is 0 Å². The maximum Gasteiger partial charge on any atom is 0.0345 e. The number of benzene rings is 1. The van der Waals surface area contributed by atoms with Gasteiger partial charge in [-0.3, -0.25) is 0 Å². The standard InChI is InChI=1S/C14H17NS/c1-10-2-3-13-11(8-10)9-12(16-13)4-5-14(15)6-7-14/h2-3,8-9H,4-7,15H2,1H3. The van der Waals surface area contributed by atoms with E-state index >= 15 is 0 Å². The maximum atomic E-state index is 6.12. The summed E-state index contributed by atoms with van der Waals surface area (Å²) < 4.78 is 1.41. The van der Waals surface area contributed by atoms with Crippen LogP contribution in [0, 0.1) is 6.92 Å². The van der Waals surface area contributed by atoms with Crippen molar-refractivity contribution in [3.8, 4) is 0 Å². The fraction of sp³-hybridized carbons (Fsp3) is 0.429. The molecule has 0 spiro atoms. The van der Waals surface area contributed by atoms with E-state index in [4.69, 9.17) is 5.73 Å². The van der Waals surface area contributed by atoms with Gasteiger partial charge in [0.25, 0.3) is 0 Å². The molecule has 3 rings (SSSR count). The highest BCUT2D eigenvalue weighted by Crippen LogP contribution is 2.37. The van der Waals surface area contributed by atoms with E-state index in [9.17, 15) is 0 Å². The van der Waals surface area contributed by atoms with Crippen LogP contribution in [0.5, 0.6) is 0 Å². The second kappa shape index (κ2) is 3.57. The molecule has 1 aromatic carbocycles. The molecule has 2 aromatic rings. The summed E-state index contributed by atoms with van der Waals surface area (Å²) in [4.78, 5) is 1.48. The number of rotatable bonds is 3. The van der Waals surface area contributed by atoms with Crippen molar-refractivity contribution in [2.45, 2.75) is 38.1 Å². The predicted molar refractivity (Wildman–Crippen MR) is 71.0 cm³/mol. The summed E-state index contributed by atoms with van der Waals surface area (Å²) in [6, 6.07) is 9.02. The molecule has 1 saturated carbocycles. The second-order valence-electron chi connectivity index (χ2n) is 5.12. The number of nitrogens with two attached hydrogens (primary N) is 1. The van der Waals surface area contributed by atoms with Crippen LogP contribution in [0.1, 0.15) is 29.7 Å². The van der Waals surface area contributed by atoms with Crippen molar-refractivity contribution in [2.24, 2.45) is 5.73 Å². The molecule has 0 unspecified atom stereocenters. The molecule has 1 aliphatic rings. The zero-order valence-electron chi connectivity index (χ0n) is 9.62. The number of fused-ring (bicyclic) bond motifs is 1. The molecule has 1 heterocycles. The third-order valence-corrected chi connectivity index (χ3v) is 4.66. The lowest BCUT2D eigenvalue weighted by Crippen LogP contribution is -2.21. The van der Waals surface area contributed by atoms with Gasteiger partial charge >= 0.3 is 0 Å². The lowest BCUT2D eigenvalue weighted by molar-refractivity contribution is 0.613. The Balaban J connectivity index is 1.82. The van der Waals surface area contributed by atoms with Gasteiger partial charge < -0.3 is 5.73 Å². The highest BCUT2D eigenvalue weighted by molar-refractivity contribution is 7.19. The summed E-state index contributed by atoms with van der Waals surface area (Å²) in [5.41, 5.74) is 7.65. The van der Waals surface area contributed by atoms with Crippen LogP contribution >= 0.6 is 11.3 Å². The summed E-state index contributed by atoms with van der Waals surface area (Å²) in [7, 11) is 0. The molecular weight excluding hydrogens is 214 g/mol. The first-order chi connectivity index (χ1) is 7.65. The smallest absolute Gasteiger partial charge is 0.0345 e. The minimum Gasteiger partial charge on any atom is -0.325 e. The van der Waals surface area contributed by atoms with Crippen LogP contribution in [-0.2, 0) is 6.42 Å². The summed E-state index contributed by atoms with van der Waals surface area (Å²) >= 11 is 1.92. The average Bonchev–Trinajstić information content (AvgIpc) is 2.85. The Labute approximate surface area is 100 Å². The average molecular weight is 231 g/mol. The van der Waals surface area contributed by atoms with E-state index < -0.39 is 0 Å². The first kappa shape index (κ1) is 10.3. The number of hydrogen-bond acceptors (Lipinski definition) is 2. The van der Waals surface area contributed by atoms with Crippen LogP contribution < -0.4 is 5.73 Å². The maximum absolute atomic E-state index is 6.12. The van der Waals surface area contributed by atoms with Crippen LogP contribution in [0.4, 0.5) is 0 Å². The molecule has 0 aliphatic heterocycles. The number of aryl methyl sites for hydroxylation is 2. The van der Waals surface area contributed by atoms with Gasteiger partial charge in [-0.2, -0.15) is 0 Å². The van der Waals surface area contributed by atoms with E-state index in [0.717, 1.165) is 12.8 Å². The minimum absolute atomic E-state index is 0.187. The lowest BCUT2D eigenvalue weighted by atomic mass is 10.1. The lowest BCUT2D eigenvalue weighted by Gasteiger charge is -2.05. The Morgan fingerprint density at radius 3 is 2.88 bits per heavy atom. The van der Waals surface area contributed by atoms with Crippen LogP contribution in [-0.4, -0.2) is 5.54 Å². The normalized spacial score (nSPS) is 17.9. The molecule has 0 bridgehead atoms. The van der Waals surface area contributed by atoms with E-state index in [0.29, 0.717) is 0 Å². The monoisotopic (exact) mass is 231 g/mol. The molecular formula is C14H17NS. The zero-order valence-corrected chi connectivity index (χ0v) is 10.4. The van der Waals surface area contributed by atoms with Gasteiger partial charge in [-0.1, -0.05) is 17.7 Å². The van der Waals surface area contributed by atoms with Gasteiger partial charge in [0.15, 0.2) is 0 Å². The van der Waals surface area contributed by atoms with Crippen LogP contribution in [0.2, 0.25) is 0 Å². The first-order valence-corrected chi connectivity index (χ1v) is 6.74. The molecule has 1 fully saturated rings. The van der Waals surface area contributed by atoms with E-state index in [1.807, 2.05) is 11.3 Å². The predicted octanol–water partition coefficient (Wildman–Crippen LogP) is 3.63. The van der Waals surface area contributed by atoms with Gasteiger partial charge in [0, 0.05) is 15.1 Å². The molecule has 84 valence electrons. The molecule has 1 aliphatic carbocycles. The summed E-state index contributed by atoms with van der Waals surface area (Å²) in [6.45, 7) is 2.15. The van der Waals surface area contributed by atoms with Crippen molar-refractivity contribution in [2.75, 3.05) is 0 Å². The molecule has 1 nitrogen and oxygen atoms in total. The van der Waals surface area contributed by atoms with E-state index in [1.54, 1.807) is 0 Å². The first-order valence-electron chi connectivity index (χ1n) is 5.93. The Kier molecular flexibility index (Phi) is 2.30. The zero-order chi connectivity index (χ0) is 11.2. The van der Waals surface area contributed by atoms with Gasteiger partial charge in [-0.05, 0) is 50.1 Å². The number of thiophene rings is 1. The van der Waals surface area contributed by atoms with Crippen molar-refractivity contribution < 1.29 is 0 Å². The highest BCUT2D eigenvalue weighted by atomic mass is 32.1. The van der Waals surface area contributed by atoms with Crippen molar-refractivity contribution in [3.63, 3.8) is 0 Å². The van der Waals surface area contributed by atoms with E-state index in [2.05, 4.69) is 31.2 Å². The third kappa shape index (κ3) is 2.00. The molecule has 0 amide bonds. The van der Waals surface area contributed by atoms with Gasteiger partial charge in [0.2, 0.25) is 0 Å². The molecule has 1 aromatic heterocycles. The summed E-state index contributed by atoms with van der Waals surface area (Å²) in [6.07, 6.45) is 4.74. The van der Waals surface area contributed by atoms with Gasteiger partial charge in [0.05, 0.1) is 0 Å². The summed E-state index contributed by atoms with van der Waals surface area (Å²) in [5, 5.41) is 1.39. The summed E-state index contributed by atoms with van der Waals surface area (Å²) in [5.74, 6) is 0. The van der Waals surface area contributed by atoms with Crippen molar-refractivity contribution >= 4 is 21.4 Å². The second-order valence-corrected chi connectivity index (χ2v) is 6.28. The van der Waals surface area contributed by atoms with E-state index in [1.165, 1.54) is 33.4 Å². The highest BCUT2D eigenvalue weighted by Gasteiger charge is 2.37. The van der Waals surface area contributed by atoms with Gasteiger partial charge in [0.1, 0.15) is 0 Å². The molecule has 2 N–H and O–H groups in total. The van der Waals surface area contributed by atoms with Crippen LogP contribution in [0.15, 0.2) is 24.3 Å². The molecule has 2 heteroatoms. The third-order valence-electron chi connectivity index (χ3n) is 3.48. The fourth-order valence-corrected chi connectivity index (χ4v) is 3.17. The fourth-order valence-electron chi connectivity index (χ4n) is 2.12. The Morgan fingerprint density at radius 1 is 1.31 bits per heavy atom. The Bertz CT molecular complexity index is 523. The molecule has 16 heavy (non-hydrogen) atoms.